The zero-order valence-electron chi connectivity index (χ0n) is 11.5. The molecule has 5 nitrogen and oxygen atoms in total. The van der Waals surface area contributed by atoms with Crippen molar-refractivity contribution in [3.8, 4) is 6.07 Å². The Bertz CT molecular complexity index is 367. The molecule has 1 N–H and O–H groups in total. The van der Waals surface area contributed by atoms with Crippen LogP contribution in [-0.2, 0) is 9.59 Å². The lowest BCUT2D eigenvalue weighted by molar-refractivity contribution is -0.156. The van der Waals surface area contributed by atoms with E-state index >= 15 is 0 Å². The van der Waals surface area contributed by atoms with Gasteiger partial charge in [0.05, 0.1) is 17.9 Å². The highest BCUT2D eigenvalue weighted by Gasteiger charge is 2.42. The minimum atomic E-state index is -0.880. The van der Waals surface area contributed by atoms with Gasteiger partial charge < -0.3 is 10.0 Å². The van der Waals surface area contributed by atoms with E-state index in [9.17, 15) is 14.7 Å². The minimum absolute atomic E-state index is 0.0710. The Morgan fingerprint density at radius 2 is 1.95 bits per heavy atom. The van der Waals surface area contributed by atoms with Gasteiger partial charge in [0.25, 0.3) is 0 Å². The van der Waals surface area contributed by atoms with Gasteiger partial charge in [-0.25, -0.2) is 0 Å². The van der Waals surface area contributed by atoms with Gasteiger partial charge in [-0.15, -0.1) is 0 Å². The van der Waals surface area contributed by atoms with E-state index in [1.807, 2.05) is 13.0 Å². The van der Waals surface area contributed by atoms with Crippen molar-refractivity contribution in [2.45, 2.75) is 51.9 Å². The van der Waals surface area contributed by atoms with Gasteiger partial charge in [-0.2, -0.15) is 5.26 Å². The largest absolute Gasteiger partial charge is 0.481 e. The highest BCUT2D eigenvalue weighted by molar-refractivity contribution is 5.85. The zero-order valence-corrected chi connectivity index (χ0v) is 11.5. The lowest BCUT2D eigenvalue weighted by Gasteiger charge is -2.34. The van der Waals surface area contributed by atoms with Crippen molar-refractivity contribution in [3.05, 3.63) is 0 Å². The van der Waals surface area contributed by atoms with Crippen LogP contribution in [0.15, 0.2) is 0 Å². The van der Waals surface area contributed by atoms with Gasteiger partial charge in [0.15, 0.2) is 0 Å². The maximum atomic E-state index is 12.2. The molecule has 0 heterocycles. The second kappa shape index (κ2) is 7.13. The van der Waals surface area contributed by atoms with Crippen LogP contribution < -0.4 is 0 Å². The van der Waals surface area contributed by atoms with Crippen LogP contribution in [-0.4, -0.2) is 35.0 Å². The lowest BCUT2D eigenvalue weighted by Crippen LogP contribution is -2.41. The summed E-state index contributed by atoms with van der Waals surface area (Å²) in [6.07, 6.45) is 4.35. The molecule has 0 atom stereocenters. The second-order valence-electron chi connectivity index (χ2n) is 5.20. The van der Waals surface area contributed by atoms with Gasteiger partial charge >= 0.3 is 5.97 Å². The SMILES string of the molecule is CCN(CCC#N)C(=O)CC1(C(=O)O)CCCCC1. The number of carbonyl (C=O) groups excluding carboxylic acids is 1. The number of aliphatic carboxylic acids is 1. The molecular weight excluding hydrogens is 244 g/mol. The molecule has 1 aliphatic rings. The van der Waals surface area contributed by atoms with Crippen molar-refractivity contribution >= 4 is 11.9 Å². The van der Waals surface area contributed by atoms with E-state index in [0.29, 0.717) is 32.4 Å². The molecule has 106 valence electrons. The van der Waals surface area contributed by atoms with Crippen LogP contribution in [0.4, 0.5) is 0 Å². The lowest BCUT2D eigenvalue weighted by atomic mass is 9.71. The molecule has 0 bridgehead atoms. The molecule has 1 fully saturated rings. The van der Waals surface area contributed by atoms with Crippen LogP contribution >= 0.6 is 0 Å². The normalized spacial score (nSPS) is 17.5. The summed E-state index contributed by atoms with van der Waals surface area (Å²) in [5.74, 6) is -0.987. The van der Waals surface area contributed by atoms with Crippen molar-refractivity contribution in [1.82, 2.24) is 4.90 Å². The fourth-order valence-corrected chi connectivity index (χ4v) is 2.74. The highest BCUT2D eigenvalue weighted by atomic mass is 16.4. The smallest absolute Gasteiger partial charge is 0.310 e. The Labute approximate surface area is 114 Å². The molecule has 0 unspecified atom stereocenters. The van der Waals surface area contributed by atoms with E-state index in [0.717, 1.165) is 19.3 Å². The topological polar surface area (TPSA) is 81.4 Å². The molecule has 0 aliphatic heterocycles. The minimum Gasteiger partial charge on any atom is -0.481 e. The Morgan fingerprint density at radius 3 is 2.42 bits per heavy atom. The predicted octanol–water partition coefficient (Wildman–Crippen LogP) is 2.17. The number of hydrogen-bond donors (Lipinski definition) is 1. The number of nitrogens with zero attached hydrogens (tertiary/aromatic N) is 2. The van der Waals surface area contributed by atoms with E-state index in [1.165, 1.54) is 0 Å². The number of rotatable bonds is 6. The number of carboxylic acid groups (broad SMARTS) is 1. The quantitative estimate of drug-likeness (QED) is 0.798. The number of nitriles is 1. The first-order chi connectivity index (χ1) is 9.05. The monoisotopic (exact) mass is 266 g/mol. The molecule has 1 amide bonds. The standard InChI is InChI=1S/C14H22N2O3/c1-2-16(10-6-9-15)12(17)11-14(13(18)19)7-4-3-5-8-14/h2-8,10-11H2,1H3,(H,18,19). The molecule has 1 aliphatic carbocycles. The molecule has 0 spiro atoms. The summed E-state index contributed by atoms with van der Waals surface area (Å²) in [4.78, 5) is 25.3. The van der Waals surface area contributed by atoms with E-state index in [1.54, 1.807) is 4.90 Å². The number of amides is 1. The first-order valence-electron chi connectivity index (χ1n) is 6.94. The fourth-order valence-electron chi connectivity index (χ4n) is 2.74. The van der Waals surface area contributed by atoms with Gasteiger partial charge in [0.1, 0.15) is 0 Å². The third-order valence-electron chi connectivity index (χ3n) is 3.98. The molecule has 0 saturated heterocycles. The summed E-state index contributed by atoms with van der Waals surface area (Å²) < 4.78 is 0. The van der Waals surface area contributed by atoms with E-state index in [4.69, 9.17) is 5.26 Å². The average Bonchev–Trinajstić information content (AvgIpc) is 2.40. The molecule has 1 rings (SSSR count). The number of carboxylic acids is 1. The first-order valence-corrected chi connectivity index (χ1v) is 6.94. The highest BCUT2D eigenvalue weighted by Crippen LogP contribution is 2.40. The zero-order chi connectivity index (χ0) is 14.3. The van der Waals surface area contributed by atoms with Gasteiger partial charge in [0, 0.05) is 19.5 Å². The maximum absolute atomic E-state index is 12.2. The van der Waals surface area contributed by atoms with Crippen LogP contribution in [0, 0.1) is 16.7 Å². The summed E-state index contributed by atoms with van der Waals surface area (Å²) in [6.45, 7) is 2.77. The van der Waals surface area contributed by atoms with Crippen LogP contribution in [0.1, 0.15) is 51.9 Å². The van der Waals surface area contributed by atoms with E-state index in [-0.39, 0.29) is 12.3 Å². The third kappa shape index (κ3) is 3.95. The molecule has 0 aromatic heterocycles. The van der Waals surface area contributed by atoms with Crippen molar-refractivity contribution in [2.75, 3.05) is 13.1 Å². The summed E-state index contributed by atoms with van der Waals surface area (Å²) in [6, 6.07) is 2.01. The third-order valence-corrected chi connectivity index (χ3v) is 3.98. The second-order valence-corrected chi connectivity index (χ2v) is 5.20. The van der Waals surface area contributed by atoms with Crippen molar-refractivity contribution < 1.29 is 14.7 Å². The van der Waals surface area contributed by atoms with Crippen molar-refractivity contribution in [3.63, 3.8) is 0 Å². The Hall–Kier alpha value is -1.57. The molecule has 1 saturated carbocycles. The van der Waals surface area contributed by atoms with Gasteiger partial charge in [0.2, 0.25) is 5.91 Å². The van der Waals surface area contributed by atoms with E-state index < -0.39 is 11.4 Å². The summed E-state index contributed by atoms with van der Waals surface area (Å²) in [5.41, 5.74) is -0.880. The molecular formula is C14H22N2O3. The van der Waals surface area contributed by atoms with E-state index in [2.05, 4.69) is 0 Å². The fraction of sp³-hybridized carbons (Fsp3) is 0.786. The summed E-state index contributed by atoms with van der Waals surface area (Å²) >= 11 is 0. The van der Waals surface area contributed by atoms with Crippen LogP contribution in [0.25, 0.3) is 0 Å². The van der Waals surface area contributed by atoms with Gasteiger partial charge in [-0.1, -0.05) is 19.3 Å². The van der Waals surface area contributed by atoms with Gasteiger partial charge in [-0.05, 0) is 19.8 Å². The molecule has 19 heavy (non-hydrogen) atoms. The van der Waals surface area contributed by atoms with Crippen molar-refractivity contribution in [2.24, 2.45) is 5.41 Å². The van der Waals surface area contributed by atoms with Crippen LogP contribution in [0.2, 0.25) is 0 Å². The molecule has 0 aromatic carbocycles. The Morgan fingerprint density at radius 1 is 1.32 bits per heavy atom. The predicted molar refractivity (Wildman–Crippen MR) is 70.3 cm³/mol. The van der Waals surface area contributed by atoms with Crippen LogP contribution in [0.5, 0.6) is 0 Å². The molecule has 0 aromatic rings. The summed E-state index contributed by atoms with van der Waals surface area (Å²) in [7, 11) is 0. The number of hydrogen-bond acceptors (Lipinski definition) is 3. The Kier molecular flexibility index (Phi) is 5.81. The maximum Gasteiger partial charge on any atom is 0.310 e. The van der Waals surface area contributed by atoms with Gasteiger partial charge in [-0.3, -0.25) is 9.59 Å². The Balaban J connectivity index is 2.70. The molecule has 5 heteroatoms. The van der Waals surface area contributed by atoms with Crippen molar-refractivity contribution in [1.29, 1.82) is 5.26 Å². The average molecular weight is 266 g/mol. The summed E-state index contributed by atoms with van der Waals surface area (Å²) in [5, 5.41) is 18.0. The molecule has 0 radical (unpaired) electrons. The first kappa shape index (κ1) is 15.5. The van der Waals surface area contributed by atoms with Crippen LogP contribution in [0.3, 0.4) is 0 Å². The number of carbonyl (C=O) groups is 2.